The molecule has 0 amide bonds. The second-order valence-electron chi connectivity index (χ2n) is 3.72. The molecule has 0 atom stereocenters. The molecular weight excluding hydrogens is 284 g/mol. The Bertz CT molecular complexity index is 456. The average molecular weight is 297 g/mol. The maximum absolute atomic E-state index is 11.9. The van der Waals surface area contributed by atoms with E-state index in [9.17, 15) is 4.79 Å². The van der Waals surface area contributed by atoms with Gasteiger partial charge in [-0.2, -0.15) is 0 Å². The van der Waals surface area contributed by atoms with E-state index in [1.165, 1.54) is 10.1 Å². The van der Waals surface area contributed by atoms with Crippen molar-refractivity contribution in [1.82, 2.24) is 0 Å². The minimum atomic E-state index is 0.280. The van der Waals surface area contributed by atoms with E-state index in [2.05, 4.69) is 28.1 Å². The molecule has 0 radical (unpaired) electrons. The molecule has 0 aliphatic carbocycles. The van der Waals surface area contributed by atoms with Gasteiger partial charge in [0.05, 0.1) is 4.88 Å². The molecule has 1 nitrogen and oxygen atoms in total. The third-order valence-corrected chi connectivity index (χ3v) is 4.21. The summed E-state index contributed by atoms with van der Waals surface area (Å²) in [5, 5.41) is 2.16. The lowest BCUT2D eigenvalue weighted by molar-refractivity contribution is 0.0984. The van der Waals surface area contributed by atoms with Crippen molar-refractivity contribution in [2.24, 2.45) is 0 Å². The molecule has 0 saturated heterocycles. The molecular formula is C13H13BrOS. The van der Waals surface area contributed by atoms with Crippen molar-refractivity contribution in [3.63, 3.8) is 0 Å². The van der Waals surface area contributed by atoms with Crippen LogP contribution in [-0.2, 0) is 0 Å². The zero-order chi connectivity index (χ0) is 11.4. The van der Waals surface area contributed by atoms with Gasteiger partial charge in [0.25, 0.3) is 0 Å². The molecule has 1 aromatic heterocycles. The topological polar surface area (TPSA) is 17.1 Å². The molecule has 2 aromatic rings. The second-order valence-corrected chi connectivity index (χ2v) is 5.59. The van der Waals surface area contributed by atoms with Crippen LogP contribution in [0.25, 0.3) is 10.1 Å². The number of alkyl halides is 1. The normalized spacial score (nSPS) is 10.8. The molecule has 0 spiro atoms. The van der Waals surface area contributed by atoms with E-state index in [0.717, 1.165) is 23.0 Å². The van der Waals surface area contributed by atoms with Crippen molar-refractivity contribution in [2.45, 2.75) is 19.3 Å². The number of unbranched alkanes of at least 4 members (excludes halogenated alkanes) is 1. The third kappa shape index (κ3) is 2.71. The number of hydrogen-bond acceptors (Lipinski definition) is 2. The molecule has 84 valence electrons. The average Bonchev–Trinajstić information content (AvgIpc) is 2.73. The van der Waals surface area contributed by atoms with Crippen LogP contribution in [0.4, 0.5) is 0 Å². The SMILES string of the molecule is O=C(CCCCBr)c1cc2ccccc2s1. The molecule has 3 heteroatoms. The van der Waals surface area contributed by atoms with Crippen molar-refractivity contribution >= 4 is 43.1 Å². The lowest BCUT2D eigenvalue weighted by Crippen LogP contribution is -1.95. The Labute approximate surface area is 108 Å². The van der Waals surface area contributed by atoms with Crippen molar-refractivity contribution < 1.29 is 4.79 Å². The second kappa shape index (κ2) is 5.60. The first-order valence-corrected chi connectivity index (χ1v) is 7.33. The van der Waals surface area contributed by atoms with Gasteiger partial charge in [0, 0.05) is 16.5 Å². The van der Waals surface area contributed by atoms with Crippen molar-refractivity contribution in [1.29, 1.82) is 0 Å². The highest BCUT2D eigenvalue weighted by Crippen LogP contribution is 2.26. The van der Waals surface area contributed by atoms with Gasteiger partial charge in [-0.3, -0.25) is 4.79 Å². The summed E-state index contributed by atoms with van der Waals surface area (Å²) < 4.78 is 1.20. The molecule has 0 N–H and O–H groups in total. The first kappa shape index (κ1) is 11.8. The van der Waals surface area contributed by atoms with Crippen LogP contribution in [0, 0.1) is 0 Å². The number of benzene rings is 1. The molecule has 0 aliphatic heterocycles. The first-order chi connectivity index (χ1) is 7.81. The monoisotopic (exact) mass is 296 g/mol. The van der Waals surface area contributed by atoms with Crippen LogP contribution < -0.4 is 0 Å². The molecule has 16 heavy (non-hydrogen) atoms. The minimum Gasteiger partial charge on any atom is -0.293 e. The van der Waals surface area contributed by atoms with E-state index in [0.29, 0.717) is 6.42 Å². The summed E-state index contributed by atoms with van der Waals surface area (Å²) in [4.78, 5) is 12.8. The van der Waals surface area contributed by atoms with E-state index in [4.69, 9.17) is 0 Å². The number of fused-ring (bicyclic) bond motifs is 1. The largest absolute Gasteiger partial charge is 0.293 e. The van der Waals surface area contributed by atoms with Crippen molar-refractivity contribution in [3.8, 4) is 0 Å². The Morgan fingerprint density at radius 3 is 2.81 bits per heavy atom. The van der Waals surface area contributed by atoms with Crippen LogP contribution >= 0.6 is 27.3 Å². The Morgan fingerprint density at radius 2 is 2.06 bits per heavy atom. The maximum atomic E-state index is 11.9. The Balaban J connectivity index is 2.11. The number of carbonyl (C=O) groups excluding carboxylic acids is 1. The smallest absolute Gasteiger partial charge is 0.172 e. The highest BCUT2D eigenvalue weighted by molar-refractivity contribution is 9.09. The fourth-order valence-corrected chi connectivity index (χ4v) is 3.05. The lowest BCUT2D eigenvalue weighted by atomic mass is 10.1. The third-order valence-electron chi connectivity index (χ3n) is 2.49. The fraction of sp³-hybridized carbons (Fsp3) is 0.308. The predicted molar refractivity (Wildman–Crippen MR) is 73.8 cm³/mol. The number of halogens is 1. The summed E-state index contributed by atoms with van der Waals surface area (Å²) in [7, 11) is 0. The van der Waals surface area contributed by atoms with Gasteiger partial charge < -0.3 is 0 Å². The highest BCUT2D eigenvalue weighted by atomic mass is 79.9. The Morgan fingerprint density at radius 1 is 1.25 bits per heavy atom. The standard InChI is InChI=1S/C13H13BrOS/c14-8-4-3-6-11(15)13-9-10-5-1-2-7-12(10)16-13/h1-2,5,7,9H,3-4,6,8H2. The van der Waals surface area contributed by atoms with Crippen LogP contribution in [-0.4, -0.2) is 11.1 Å². The van der Waals surface area contributed by atoms with Gasteiger partial charge in [0.1, 0.15) is 0 Å². The summed E-state index contributed by atoms with van der Waals surface area (Å²) in [6, 6.07) is 10.2. The predicted octanol–water partition coefficient (Wildman–Crippen LogP) is 4.65. The van der Waals surface area contributed by atoms with E-state index < -0.39 is 0 Å². The van der Waals surface area contributed by atoms with Gasteiger partial charge in [-0.25, -0.2) is 0 Å². The summed E-state index contributed by atoms with van der Waals surface area (Å²) >= 11 is 4.98. The van der Waals surface area contributed by atoms with Gasteiger partial charge in [-0.05, 0) is 30.4 Å². The summed E-state index contributed by atoms with van der Waals surface area (Å²) in [6.45, 7) is 0. The van der Waals surface area contributed by atoms with Crippen molar-refractivity contribution in [2.75, 3.05) is 5.33 Å². The number of carbonyl (C=O) groups is 1. The number of hydrogen-bond donors (Lipinski definition) is 0. The van der Waals surface area contributed by atoms with Crippen molar-refractivity contribution in [3.05, 3.63) is 35.2 Å². The molecule has 1 heterocycles. The lowest BCUT2D eigenvalue weighted by Gasteiger charge is -1.95. The first-order valence-electron chi connectivity index (χ1n) is 5.39. The van der Waals surface area contributed by atoms with Crippen LogP contribution in [0.1, 0.15) is 28.9 Å². The van der Waals surface area contributed by atoms with Crippen LogP contribution in [0.2, 0.25) is 0 Å². The van der Waals surface area contributed by atoms with Gasteiger partial charge in [0.2, 0.25) is 0 Å². The number of rotatable bonds is 5. The molecule has 1 aromatic carbocycles. The van der Waals surface area contributed by atoms with E-state index in [-0.39, 0.29) is 5.78 Å². The van der Waals surface area contributed by atoms with E-state index in [1.54, 1.807) is 11.3 Å². The Hall–Kier alpha value is -0.670. The van der Waals surface area contributed by atoms with Crippen LogP contribution in [0.5, 0.6) is 0 Å². The zero-order valence-electron chi connectivity index (χ0n) is 8.91. The van der Waals surface area contributed by atoms with Crippen LogP contribution in [0.15, 0.2) is 30.3 Å². The summed E-state index contributed by atoms with van der Waals surface area (Å²) in [6.07, 6.45) is 2.70. The van der Waals surface area contributed by atoms with Gasteiger partial charge in [-0.15, -0.1) is 11.3 Å². The van der Waals surface area contributed by atoms with E-state index in [1.807, 2.05) is 18.2 Å². The zero-order valence-corrected chi connectivity index (χ0v) is 11.3. The minimum absolute atomic E-state index is 0.280. The van der Waals surface area contributed by atoms with Gasteiger partial charge in [-0.1, -0.05) is 34.1 Å². The van der Waals surface area contributed by atoms with Crippen LogP contribution in [0.3, 0.4) is 0 Å². The van der Waals surface area contributed by atoms with Gasteiger partial charge >= 0.3 is 0 Å². The molecule has 2 rings (SSSR count). The summed E-state index contributed by atoms with van der Waals surface area (Å²) in [5.74, 6) is 0.280. The quantitative estimate of drug-likeness (QED) is 0.446. The van der Waals surface area contributed by atoms with E-state index >= 15 is 0 Å². The van der Waals surface area contributed by atoms with Gasteiger partial charge in [0.15, 0.2) is 5.78 Å². The number of thiophene rings is 1. The fourth-order valence-electron chi connectivity index (χ4n) is 1.62. The molecule has 0 saturated carbocycles. The number of ketones is 1. The molecule has 0 fully saturated rings. The molecule has 0 aliphatic rings. The number of Topliss-reactive ketones (excluding diaryl/α,β-unsaturated/α-hetero) is 1. The maximum Gasteiger partial charge on any atom is 0.172 e. The molecule has 0 bridgehead atoms. The molecule has 0 unspecified atom stereocenters. The Kier molecular flexibility index (Phi) is 4.13. The summed E-state index contributed by atoms with van der Waals surface area (Å²) in [5.41, 5.74) is 0. The highest BCUT2D eigenvalue weighted by Gasteiger charge is 2.09.